The van der Waals surface area contributed by atoms with E-state index in [2.05, 4.69) is 16.5 Å². The summed E-state index contributed by atoms with van der Waals surface area (Å²) in [5.41, 5.74) is 2.35. The number of hydrogen-bond acceptors (Lipinski definition) is 2. The minimum atomic E-state index is -0.896. The summed E-state index contributed by atoms with van der Waals surface area (Å²) in [7, 11) is 0. The van der Waals surface area contributed by atoms with Gasteiger partial charge < -0.3 is 14.2 Å². The first-order valence-electron chi connectivity index (χ1n) is 7.01. The molecule has 1 aromatic carbocycles. The van der Waals surface area contributed by atoms with Gasteiger partial charge in [-0.3, -0.25) is 0 Å². The molecule has 3 aromatic rings. The number of aryl methyl sites for hydroxylation is 1. The lowest BCUT2D eigenvalue weighted by Crippen LogP contribution is -2.06. The number of carboxylic acids is 1. The van der Waals surface area contributed by atoms with E-state index in [0.29, 0.717) is 12.1 Å². The molecule has 0 aliphatic rings. The molecule has 0 spiro atoms. The van der Waals surface area contributed by atoms with Crippen molar-refractivity contribution in [3.63, 3.8) is 0 Å². The second kappa shape index (κ2) is 5.44. The highest BCUT2D eigenvalue weighted by Crippen LogP contribution is 2.22. The van der Waals surface area contributed by atoms with E-state index in [1.807, 2.05) is 41.4 Å². The largest absolute Gasteiger partial charge is 0.478 e. The number of carbonyl (C=O) groups is 1. The van der Waals surface area contributed by atoms with Crippen LogP contribution in [0, 0.1) is 0 Å². The minimum absolute atomic E-state index is 0.340. The highest BCUT2D eigenvalue weighted by atomic mass is 16.4. The number of carboxylic acid groups (broad SMARTS) is 1. The van der Waals surface area contributed by atoms with E-state index in [1.54, 1.807) is 6.20 Å². The number of rotatable bonds is 5. The topological polar surface area (TPSA) is 60.0 Å². The molecule has 3 rings (SSSR count). The zero-order valence-corrected chi connectivity index (χ0v) is 11.9. The quantitative estimate of drug-likeness (QED) is 0.783. The number of hydrogen-bond donors (Lipinski definition) is 1. The molecule has 0 unspecified atom stereocenters. The standard InChI is InChI=1S/C16H17N3O2/c1-2-7-18-11-17-8-12(18)9-19-10-14(16(20)21)13-5-3-4-6-15(13)19/h3-6,8,10-11H,2,7,9H2,1H3,(H,20,21). The van der Waals surface area contributed by atoms with Gasteiger partial charge in [0.1, 0.15) is 0 Å². The van der Waals surface area contributed by atoms with E-state index < -0.39 is 5.97 Å². The van der Waals surface area contributed by atoms with E-state index in [4.69, 9.17) is 0 Å². The molecule has 5 nitrogen and oxygen atoms in total. The van der Waals surface area contributed by atoms with Gasteiger partial charge in [0.2, 0.25) is 0 Å². The van der Waals surface area contributed by atoms with Crippen molar-refractivity contribution in [1.82, 2.24) is 14.1 Å². The number of benzene rings is 1. The summed E-state index contributed by atoms with van der Waals surface area (Å²) < 4.78 is 4.08. The predicted octanol–water partition coefficient (Wildman–Crippen LogP) is 2.99. The Labute approximate surface area is 122 Å². The maximum absolute atomic E-state index is 11.4. The third-order valence-electron chi connectivity index (χ3n) is 3.61. The van der Waals surface area contributed by atoms with Crippen LogP contribution in [0.4, 0.5) is 0 Å². The number of imidazole rings is 1. The number of aromatic carboxylic acids is 1. The zero-order valence-electron chi connectivity index (χ0n) is 11.9. The maximum Gasteiger partial charge on any atom is 0.337 e. The monoisotopic (exact) mass is 283 g/mol. The second-order valence-corrected chi connectivity index (χ2v) is 5.07. The van der Waals surface area contributed by atoms with Crippen LogP contribution in [-0.4, -0.2) is 25.2 Å². The Morgan fingerprint density at radius 2 is 2.10 bits per heavy atom. The molecule has 1 N–H and O–H groups in total. The van der Waals surface area contributed by atoms with Crippen molar-refractivity contribution in [1.29, 1.82) is 0 Å². The molecule has 0 bridgehead atoms. The first-order chi connectivity index (χ1) is 10.2. The molecule has 0 aliphatic heterocycles. The van der Waals surface area contributed by atoms with Gasteiger partial charge >= 0.3 is 5.97 Å². The molecule has 0 atom stereocenters. The Morgan fingerprint density at radius 3 is 2.86 bits per heavy atom. The molecule has 2 heterocycles. The first-order valence-corrected chi connectivity index (χ1v) is 7.01. The lowest BCUT2D eigenvalue weighted by molar-refractivity contribution is 0.0699. The van der Waals surface area contributed by atoms with Crippen LogP contribution in [0.25, 0.3) is 10.9 Å². The highest BCUT2D eigenvalue weighted by molar-refractivity contribution is 6.03. The smallest absolute Gasteiger partial charge is 0.337 e. The minimum Gasteiger partial charge on any atom is -0.478 e. The number of nitrogens with zero attached hydrogens (tertiary/aromatic N) is 3. The van der Waals surface area contributed by atoms with Gasteiger partial charge in [0, 0.05) is 29.8 Å². The average Bonchev–Trinajstić information content (AvgIpc) is 3.06. The van der Waals surface area contributed by atoms with Crippen molar-refractivity contribution in [2.45, 2.75) is 26.4 Å². The summed E-state index contributed by atoms with van der Waals surface area (Å²) in [5, 5.41) is 10.1. The van der Waals surface area contributed by atoms with E-state index in [9.17, 15) is 9.90 Å². The SMILES string of the molecule is CCCn1cncc1Cn1cc(C(=O)O)c2ccccc21. The van der Waals surface area contributed by atoms with Gasteiger partial charge in [0.25, 0.3) is 0 Å². The molecule has 0 aliphatic carbocycles. The van der Waals surface area contributed by atoms with E-state index >= 15 is 0 Å². The van der Waals surface area contributed by atoms with Crippen molar-refractivity contribution in [2.24, 2.45) is 0 Å². The van der Waals surface area contributed by atoms with E-state index in [-0.39, 0.29) is 0 Å². The summed E-state index contributed by atoms with van der Waals surface area (Å²) in [6.45, 7) is 3.66. The van der Waals surface area contributed by atoms with Gasteiger partial charge in [-0.25, -0.2) is 9.78 Å². The Hall–Kier alpha value is -2.56. The first kappa shape index (κ1) is 13.4. The van der Waals surface area contributed by atoms with Crippen LogP contribution in [0.1, 0.15) is 29.4 Å². The van der Waals surface area contributed by atoms with Crippen LogP contribution >= 0.6 is 0 Å². The summed E-state index contributed by atoms with van der Waals surface area (Å²) in [5.74, 6) is -0.896. The number of fused-ring (bicyclic) bond motifs is 1. The van der Waals surface area contributed by atoms with Crippen LogP contribution in [0.15, 0.2) is 43.0 Å². The highest BCUT2D eigenvalue weighted by Gasteiger charge is 2.14. The fourth-order valence-electron chi connectivity index (χ4n) is 2.64. The normalized spacial score (nSPS) is 11.1. The third-order valence-corrected chi connectivity index (χ3v) is 3.61. The fraction of sp³-hybridized carbons (Fsp3) is 0.250. The third kappa shape index (κ3) is 2.42. The van der Waals surface area contributed by atoms with E-state index in [1.165, 1.54) is 0 Å². The molecule has 0 saturated carbocycles. The zero-order chi connectivity index (χ0) is 14.8. The van der Waals surface area contributed by atoms with Crippen molar-refractivity contribution in [3.8, 4) is 0 Å². The average molecular weight is 283 g/mol. The van der Waals surface area contributed by atoms with Crippen LogP contribution in [-0.2, 0) is 13.1 Å². The van der Waals surface area contributed by atoms with Crippen LogP contribution in [0.2, 0.25) is 0 Å². The summed E-state index contributed by atoms with van der Waals surface area (Å²) in [6, 6.07) is 7.58. The summed E-state index contributed by atoms with van der Waals surface area (Å²) in [4.78, 5) is 15.6. The number of aromatic nitrogens is 3. The van der Waals surface area contributed by atoms with Gasteiger partial charge in [0.05, 0.1) is 24.1 Å². The lowest BCUT2D eigenvalue weighted by Gasteiger charge is -2.08. The van der Waals surface area contributed by atoms with Crippen molar-refractivity contribution < 1.29 is 9.90 Å². The Bertz CT molecular complexity index is 786. The molecular formula is C16H17N3O2. The molecule has 2 aromatic heterocycles. The Balaban J connectivity index is 2.04. The van der Waals surface area contributed by atoms with Crippen LogP contribution in [0.5, 0.6) is 0 Å². The molecule has 0 amide bonds. The van der Waals surface area contributed by atoms with E-state index in [0.717, 1.165) is 29.6 Å². The Morgan fingerprint density at radius 1 is 1.29 bits per heavy atom. The summed E-state index contributed by atoms with van der Waals surface area (Å²) >= 11 is 0. The van der Waals surface area contributed by atoms with Crippen molar-refractivity contribution in [2.75, 3.05) is 0 Å². The molecule has 0 radical (unpaired) electrons. The molecule has 108 valence electrons. The molecule has 5 heteroatoms. The van der Waals surface area contributed by atoms with Crippen LogP contribution < -0.4 is 0 Å². The molecular weight excluding hydrogens is 266 g/mol. The van der Waals surface area contributed by atoms with Gasteiger partial charge in [-0.15, -0.1) is 0 Å². The van der Waals surface area contributed by atoms with Crippen LogP contribution in [0.3, 0.4) is 0 Å². The molecule has 0 fully saturated rings. The molecule has 21 heavy (non-hydrogen) atoms. The number of para-hydroxylation sites is 1. The maximum atomic E-state index is 11.4. The second-order valence-electron chi connectivity index (χ2n) is 5.07. The Kier molecular flexibility index (Phi) is 3.48. The van der Waals surface area contributed by atoms with Crippen molar-refractivity contribution >= 4 is 16.9 Å². The van der Waals surface area contributed by atoms with Crippen molar-refractivity contribution in [3.05, 3.63) is 54.2 Å². The van der Waals surface area contributed by atoms with Gasteiger partial charge in [0.15, 0.2) is 0 Å². The predicted molar refractivity (Wildman–Crippen MR) is 80.5 cm³/mol. The van der Waals surface area contributed by atoms with Gasteiger partial charge in [-0.2, -0.15) is 0 Å². The van der Waals surface area contributed by atoms with Gasteiger partial charge in [-0.1, -0.05) is 25.1 Å². The van der Waals surface area contributed by atoms with Gasteiger partial charge in [-0.05, 0) is 12.5 Å². The molecule has 0 saturated heterocycles. The summed E-state index contributed by atoms with van der Waals surface area (Å²) in [6.07, 6.45) is 6.40. The lowest BCUT2D eigenvalue weighted by atomic mass is 10.2. The fourth-order valence-corrected chi connectivity index (χ4v) is 2.64.